The molecule has 1 N–H and O–H groups in total. The van der Waals surface area contributed by atoms with Gasteiger partial charge in [0, 0.05) is 12.4 Å². The molecule has 0 radical (unpaired) electrons. The molecule has 0 aliphatic carbocycles. The van der Waals surface area contributed by atoms with Crippen LogP contribution in [0.2, 0.25) is 5.02 Å². The van der Waals surface area contributed by atoms with Gasteiger partial charge in [0.1, 0.15) is 6.61 Å². The number of benzene rings is 1. The highest BCUT2D eigenvalue weighted by Gasteiger charge is 2.11. The van der Waals surface area contributed by atoms with Crippen LogP contribution < -0.4 is 9.47 Å². The second kappa shape index (κ2) is 6.45. The molecule has 0 bridgehead atoms. The first-order valence-electron chi connectivity index (χ1n) is 5.82. The SMILES string of the molecule is COc1cc(CO)cc(Cl)c1OCCn1cccn1. The zero-order valence-electron chi connectivity index (χ0n) is 10.5. The lowest BCUT2D eigenvalue weighted by atomic mass is 10.2. The molecule has 0 unspecified atom stereocenters. The van der Waals surface area contributed by atoms with E-state index in [1.165, 1.54) is 7.11 Å². The first kappa shape index (κ1) is 13.7. The Kier molecular flexibility index (Phi) is 4.65. The highest BCUT2D eigenvalue weighted by atomic mass is 35.5. The van der Waals surface area contributed by atoms with E-state index in [-0.39, 0.29) is 6.61 Å². The van der Waals surface area contributed by atoms with Gasteiger partial charge in [-0.3, -0.25) is 4.68 Å². The Morgan fingerprint density at radius 3 is 2.89 bits per heavy atom. The Bertz CT molecular complexity index is 529. The standard InChI is InChI=1S/C13H15ClN2O3/c1-18-12-8-10(9-17)7-11(14)13(12)19-6-5-16-4-2-3-15-16/h2-4,7-8,17H,5-6,9H2,1H3. The fourth-order valence-corrected chi connectivity index (χ4v) is 1.97. The lowest BCUT2D eigenvalue weighted by Gasteiger charge is -2.13. The third-order valence-electron chi connectivity index (χ3n) is 2.60. The van der Waals surface area contributed by atoms with Crippen molar-refractivity contribution in [3.8, 4) is 11.5 Å². The number of rotatable bonds is 6. The molecule has 2 aromatic rings. The van der Waals surface area contributed by atoms with Crippen molar-refractivity contribution >= 4 is 11.6 Å². The predicted octanol–water partition coefficient (Wildman–Crippen LogP) is 2.12. The van der Waals surface area contributed by atoms with E-state index in [9.17, 15) is 0 Å². The van der Waals surface area contributed by atoms with E-state index < -0.39 is 0 Å². The fraction of sp³-hybridized carbons (Fsp3) is 0.308. The molecule has 0 aliphatic rings. The van der Waals surface area contributed by atoms with Gasteiger partial charge in [0.15, 0.2) is 11.5 Å². The third kappa shape index (κ3) is 3.39. The third-order valence-corrected chi connectivity index (χ3v) is 2.88. The number of methoxy groups -OCH3 is 1. The number of aliphatic hydroxyl groups is 1. The lowest BCUT2D eigenvalue weighted by molar-refractivity contribution is 0.269. The van der Waals surface area contributed by atoms with Crippen molar-refractivity contribution in [2.45, 2.75) is 13.2 Å². The number of halogens is 1. The topological polar surface area (TPSA) is 56.5 Å². The van der Waals surface area contributed by atoms with Crippen molar-refractivity contribution in [3.63, 3.8) is 0 Å². The Labute approximate surface area is 116 Å². The molecule has 0 saturated heterocycles. The molecular formula is C13H15ClN2O3. The van der Waals surface area contributed by atoms with Crippen LogP contribution in [0.4, 0.5) is 0 Å². The van der Waals surface area contributed by atoms with Gasteiger partial charge in [-0.15, -0.1) is 0 Å². The van der Waals surface area contributed by atoms with Crippen molar-refractivity contribution in [1.29, 1.82) is 0 Å². The van der Waals surface area contributed by atoms with E-state index in [1.807, 2.05) is 12.3 Å². The maximum absolute atomic E-state index is 9.11. The Balaban J connectivity index is 2.06. The van der Waals surface area contributed by atoms with Crippen LogP contribution in [0.3, 0.4) is 0 Å². The lowest BCUT2D eigenvalue weighted by Crippen LogP contribution is -2.09. The van der Waals surface area contributed by atoms with Crippen LogP contribution in [0, 0.1) is 0 Å². The number of nitrogens with zero attached hydrogens (tertiary/aromatic N) is 2. The van der Waals surface area contributed by atoms with Gasteiger partial charge in [0.25, 0.3) is 0 Å². The molecule has 1 aromatic heterocycles. The average molecular weight is 283 g/mol. The maximum atomic E-state index is 9.11. The van der Waals surface area contributed by atoms with Crippen LogP contribution in [0.1, 0.15) is 5.56 Å². The van der Waals surface area contributed by atoms with Crippen molar-refractivity contribution in [3.05, 3.63) is 41.2 Å². The van der Waals surface area contributed by atoms with Gasteiger partial charge >= 0.3 is 0 Å². The fourth-order valence-electron chi connectivity index (χ4n) is 1.68. The first-order chi connectivity index (χ1) is 9.24. The number of aromatic nitrogens is 2. The van der Waals surface area contributed by atoms with Crippen LogP contribution in [0.5, 0.6) is 11.5 Å². The summed E-state index contributed by atoms with van der Waals surface area (Å²) < 4.78 is 12.6. The monoisotopic (exact) mass is 282 g/mol. The van der Waals surface area contributed by atoms with E-state index in [4.69, 9.17) is 26.2 Å². The van der Waals surface area contributed by atoms with E-state index in [0.717, 1.165) is 0 Å². The highest BCUT2D eigenvalue weighted by molar-refractivity contribution is 6.32. The highest BCUT2D eigenvalue weighted by Crippen LogP contribution is 2.36. The molecule has 1 aromatic carbocycles. The minimum absolute atomic E-state index is 0.0936. The summed E-state index contributed by atoms with van der Waals surface area (Å²) >= 11 is 6.11. The second-order valence-corrected chi connectivity index (χ2v) is 4.29. The maximum Gasteiger partial charge on any atom is 0.179 e. The molecule has 0 saturated carbocycles. The van der Waals surface area contributed by atoms with E-state index >= 15 is 0 Å². The van der Waals surface area contributed by atoms with Gasteiger partial charge in [-0.05, 0) is 23.8 Å². The molecule has 0 atom stereocenters. The molecule has 5 nitrogen and oxygen atoms in total. The molecule has 0 aliphatic heterocycles. The van der Waals surface area contributed by atoms with Crippen molar-refractivity contribution in [1.82, 2.24) is 9.78 Å². The Morgan fingerprint density at radius 2 is 2.26 bits per heavy atom. The summed E-state index contributed by atoms with van der Waals surface area (Å²) in [5, 5.41) is 13.6. The molecule has 6 heteroatoms. The summed E-state index contributed by atoms with van der Waals surface area (Å²) in [5.41, 5.74) is 0.682. The Morgan fingerprint density at radius 1 is 1.42 bits per heavy atom. The number of ether oxygens (including phenoxy) is 2. The minimum Gasteiger partial charge on any atom is -0.493 e. The first-order valence-corrected chi connectivity index (χ1v) is 6.20. The Hall–Kier alpha value is -1.72. The van der Waals surface area contributed by atoms with Gasteiger partial charge in [-0.2, -0.15) is 5.10 Å². The molecule has 102 valence electrons. The molecular weight excluding hydrogens is 268 g/mol. The molecule has 2 rings (SSSR count). The molecule has 0 fully saturated rings. The van der Waals surface area contributed by atoms with Crippen LogP contribution >= 0.6 is 11.6 Å². The van der Waals surface area contributed by atoms with Gasteiger partial charge in [-0.1, -0.05) is 11.6 Å². The van der Waals surface area contributed by atoms with Crippen molar-refractivity contribution < 1.29 is 14.6 Å². The van der Waals surface area contributed by atoms with E-state index in [0.29, 0.717) is 35.2 Å². The van der Waals surface area contributed by atoms with Crippen LogP contribution in [-0.4, -0.2) is 28.6 Å². The summed E-state index contributed by atoms with van der Waals surface area (Å²) in [4.78, 5) is 0. The largest absolute Gasteiger partial charge is 0.493 e. The molecule has 0 spiro atoms. The summed E-state index contributed by atoms with van der Waals surface area (Å²) in [5.74, 6) is 0.991. The summed E-state index contributed by atoms with van der Waals surface area (Å²) in [7, 11) is 1.53. The van der Waals surface area contributed by atoms with Crippen LogP contribution in [0.25, 0.3) is 0 Å². The second-order valence-electron chi connectivity index (χ2n) is 3.88. The zero-order chi connectivity index (χ0) is 13.7. The van der Waals surface area contributed by atoms with Crippen LogP contribution in [0.15, 0.2) is 30.6 Å². The van der Waals surface area contributed by atoms with Crippen molar-refractivity contribution in [2.75, 3.05) is 13.7 Å². The quantitative estimate of drug-likeness (QED) is 0.882. The molecule has 19 heavy (non-hydrogen) atoms. The van der Waals surface area contributed by atoms with Gasteiger partial charge in [0.2, 0.25) is 0 Å². The smallest absolute Gasteiger partial charge is 0.179 e. The van der Waals surface area contributed by atoms with Gasteiger partial charge in [0.05, 0.1) is 25.3 Å². The zero-order valence-corrected chi connectivity index (χ0v) is 11.3. The van der Waals surface area contributed by atoms with Gasteiger partial charge < -0.3 is 14.6 Å². The number of hydrogen-bond donors (Lipinski definition) is 1. The van der Waals surface area contributed by atoms with Gasteiger partial charge in [-0.25, -0.2) is 0 Å². The van der Waals surface area contributed by atoms with E-state index in [1.54, 1.807) is 23.0 Å². The minimum atomic E-state index is -0.0936. The van der Waals surface area contributed by atoms with E-state index in [2.05, 4.69) is 5.10 Å². The number of hydrogen-bond acceptors (Lipinski definition) is 4. The average Bonchev–Trinajstić information content (AvgIpc) is 2.93. The summed E-state index contributed by atoms with van der Waals surface area (Å²) in [6.45, 7) is 0.952. The molecule has 1 heterocycles. The normalized spacial score (nSPS) is 10.5. The van der Waals surface area contributed by atoms with Crippen LogP contribution in [-0.2, 0) is 13.2 Å². The number of aliphatic hydroxyl groups excluding tert-OH is 1. The summed E-state index contributed by atoms with van der Waals surface area (Å²) in [6, 6.07) is 5.21. The predicted molar refractivity (Wildman–Crippen MR) is 71.6 cm³/mol. The summed E-state index contributed by atoms with van der Waals surface area (Å²) in [6.07, 6.45) is 3.57. The van der Waals surface area contributed by atoms with Crippen molar-refractivity contribution in [2.24, 2.45) is 0 Å². The molecule has 0 amide bonds.